The molecule has 0 spiro atoms. The van der Waals surface area contributed by atoms with E-state index in [1.165, 1.54) is 12.4 Å². The summed E-state index contributed by atoms with van der Waals surface area (Å²) in [4.78, 5) is 6.37. The topological polar surface area (TPSA) is 54.2 Å². The Bertz CT molecular complexity index is 306. The number of aromatic amines is 1. The number of allylic oxidation sites excluding steroid dienone is 1. The largest absolute Gasteiger partial charge is 0.385 e. The van der Waals surface area contributed by atoms with E-state index in [1.807, 2.05) is 0 Å². The molecule has 0 bridgehead atoms. The first-order chi connectivity index (χ1) is 5.61. The molecule has 0 saturated heterocycles. The zero-order chi connectivity index (χ0) is 9.14. The number of hydrogen-bond acceptors (Lipinski definition) is 2. The minimum atomic E-state index is -0.405. The van der Waals surface area contributed by atoms with Crippen LogP contribution in [0.2, 0.25) is 0 Å². The number of anilines is 1. The molecule has 1 heterocycles. The van der Waals surface area contributed by atoms with Gasteiger partial charge >= 0.3 is 0 Å². The van der Waals surface area contributed by atoms with Crippen LogP contribution in [0.25, 0.3) is 0 Å². The molecule has 0 saturated carbocycles. The lowest BCUT2D eigenvalue weighted by atomic mass is 10.3. The molecule has 12 heavy (non-hydrogen) atoms. The number of hydrogen-bond donors (Lipinski definition) is 2. The van der Waals surface area contributed by atoms with E-state index in [-0.39, 0.29) is 11.4 Å². The van der Waals surface area contributed by atoms with Crippen LogP contribution in [0.1, 0.15) is 12.5 Å². The zero-order valence-electron chi connectivity index (χ0n) is 6.76. The number of H-pyrrole nitrogens is 1. The molecule has 3 nitrogen and oxygen atoms in total. The lowest BCUT2D eigenvalue weighted by Crippen LogP contribution is -1.91. The molecule has 0 aliphatic heterocycles. The average molecular weight is 167 g/mol. The van der Waals surface area contributed by atoms with Gasteiger partial charge in [0.05, 0.1) is 5.56 Å². The highest BCUT2D eigenvalue weighted by molar-refractivity contribution is 5.86. The van der Waals surface area contributed by atoms with Gasteiger partial charge in [-0.3, -0.25) is 4.99 Å². The SMILES string of the molecule is C=C(C)/N=C\c1c(F)c[nH]c1N. The molecule has 0 aliphatic rings. The van der Waals surface area contributed by atoms with Crippen molar-refractivity contribution in [3.63, 3.8) is 0 Å². The first-order valence-corrected chi connectivity index (χ1v) is 3.43. The minimum absolute atomic E-state index is 0.275. The summed E-state index contributed by atoms with van der Waals surface area (Å²) in [6.07, 6.45) is 2.54. The number of halogens is 1. The Labute approximate surface area is 69.8 Å². The summed E-state index contributed by atoms with van der Waals surface area (Å²) in [5.74, 6) is -0.130. The van der Waals surface area contributed by atoms with Gasteiger partial charge < -0.3 is 10.7 Å². The van der Waals surface area contributed by atoms with Crippen molar-refractivity contribution in [2.75, 3.05) is 5.73 Å². The summed E-state index contributed by atoms with van der Waals surface area (Å²) in [6.45, 7) is 5.26. The summed E-state index contributed by atoms with van der Waals surface area (Å²) < 4.78 is 12.8. The van der Waals surface area contributed by atoms with E-state index in [9.17, 15) is 4.39 Å². The molecule has 3 N–H and O–H groups in total. The quantitative estimate of drug-likeness (QED) is 0.647. The van der Waals surface area contributed by atoms with Gasteiger partial charge in [-0.05, 0) is 6.92 Å². The van der Waals surface area contributed by atoms with Crippen LogP contribution < -0.4 is 5.73 Å². The third kappa shape index (κ3) is 1.72. The van der Waals surface area contributed by atoms with Gasteiger partial charge in [0.2, 0.25) is 0 Å². The van der Waals surface area contributed by atoms with Crippen LogP contribution >= 0.6 is 0 Å². The van der Waals surface area contributed by atoms with Crippen molar-refractivity contribution in [1.82, 2.24) is 4.98 Å². The maximum absolute atomic E-state index is 12.8. The summed E-state index contributed by atoms with van der Waals surface area (Å²) in [7, 11) is 0. The molecule has 0 amide bonds. The Kier molecular flexibility index (Phi) is 2.28. The fourth-order valence-electron chi connectivity index (χ4n) is 0.731. The Morgan fingerprint density at radius 3 is 2.92 bits per heavy atom. The molecule has 4 heteroatoms. The van der Waals surface area contributed by atoms with Gasteiger partial charge in [0.15, 0.2) is 5.82 Å². The standard InChI is InChI=1S/C8H10FN3/c1-5(2)11-3-6-7(9)4-12-8(6)10/h3-4,12H,1,10H2,2H3/b11-3-. The molecule has 1 rings (SSSR count). The Hall–Kier alpha value is -1.58. The first-order valence-electron chi connectivity index (χ1n) is 3.43. The summed E-state index contributed by atoms with van der Waals surface area (Å²) in [5, 5.41) is 0. The molecule has 0 aromatic carbocycles. The van der Waals surface area contributed by atoms with Crippen LogP contribution in [0, 0.1) is 5.82 Å². The molecule has 0 fully saturated rings. The molecular weight excluding hydrogens is 157 g/mol. The summed E-state index contributed by atoms with van der Waals surface area (Å²) >= 11 is 0. The maximum Gasteiger partial charge on any atom is 0.151 e. The van der Waals surface area contributed by atoms with Gasteiger partial charge in [-0.1, -0.05) is 6.58 Å². The fourth-order valence-corrected chi connectivity index (χ4v) is 0.731. The van der Waals surface area contributed by atoms with Crippen LogP contribution in [0.15, 0.2) is 23.5 Å². The number of rotatable bonds is 2. The van der Waals surface area contributed by atoms with Gasteiger partial charge in [0, 0.05) is 18.1 Å². The molecule has 0 atom stereocenters. The first kappa shape index (κ1) is 8.52. The predicted molar refractivity (Wildman–Crippen MR) is 47.6 cm³/mol. The number of nitrogens with one attached hydrogen (secondary N) is 1. The number of aromatic nitrogens is 1. The van der Waals surface area contributed by atoms with Crippen LogP contribution in [-0.4, -0.2) is 11.2 Å². The summed E-state index contributed by atoms with van der Waals surface area (Å²) in [5.41, 5.74) is 6.29. The molecule has 0 radical (unpaired) electrons. The molecular formula is C8H10FN3. The second-order valence-corrected chi connectivity index (χ2v) is 2.46. The number of aliphatic imine (C=N–C) groups is 1. The highest BCUT2D eigenvalue weighted by atomic mass is 19.1. The highest BCUT2D eigenvalue weighted by Crippen LogP contribution is 2.11. The predicted octanol–water partition coefficient (Wildman–Crippen LogP) is 1.69. The van der Waals surface area contributed by atoms with Crippen LogP contribution in [0.5, 0.6) is 0 Å². The minimum Gasteiger partial charge on any atom is -0.385 e. The van der Waals surface area contributed by atoms with E-state index >= 15 is 0 Å². The Morgan fingerprint density at radius 1 is 1.83 bits per heavy atom. The van der Waals surface area contributed by atoms with Gasteiger partial charge in [-0.25, -0.2) is 4.39 Å². The van der Waals surface area contributed by atoms with Crippen LogP contribution in [-0.2, 0) is 0 Å². The number of nitrogens with zero attached hydrogens (tertiary/aromatic N) is 1. The van der Waals surface area contributed by atoms with E-state index in [2.05, 4.69) is 16.6 Å². The number of nitrogens with two attached hydrogens (primary N) is 1. The molecule has 0 unspecified atom stereocenters. The molecule has 1 aromatic rings. The van der Waals surface area contributed by atoms with Crippen LogP contribution in [0.3, 0.4) is 0 Å². The van der Waals surface area contributed by atoms with E-state index in [0.29, 0.717) is 5.70 Å². The van der Waals surface area contributed by atoms with Crippen molar-refractivity contribution in [2.24, 2.45) is 4.99 Å². The Morgan fingerprint density at radius 2 is 2.50 bits per heavy atom. The van der Waals surface area contributed by atoms with E-state index in [1.54, 1.807) is 6.92 Å². The summed E-state index contributed by atoms with van der Waals surface area (Å²) in [6, 6.07) is 0. The lowest BCUT2D eigenvalue weighted by Gasteiger charge is -1.90. The number of nitrogen functional groups attached to an aromatic ring is 1. The average Bonchev–Trinajstić information content (AvgIpc) is 2.28. The van der Waals surface area contributed by atoms with Gasteiger partial charge in [-0.2, -0.15) is 0 Å². The second kappa shape index (κ2) is 3.21. The van der Waals surface area contributed by atoms with E-state index < -0.39 is 5.82 Å². The normalized spacial score (nSPS) is 10.8. The van der Waals surface area contributed by atoms with Crippen LogP contribution in [0.4, 0.5) is 10.2 Å². The van der Waals surface area contributed by atoms with Crippen molar-refractivity contribution in [1.29, 1.82) is 0 Å². The third-order valence-electron chi connectivity index (χ3n) is 1.32. The molecule has 0 aliphatic carbocycles. The van der Waals surface area contributed by atoms with Gasteiger partial charge in [0.1, 0.15) is 5.82 Å². The molecule has 1 aromatic heterocycles. The van der Waals surface area contributed by atoms with Crippen molar-refractivity contribution in [3.05, 3.63) is 29.9 Å². The smallest absolute Gasteiger partial charge is 0.151 e. The van der Waals surface area contributed by atoms with E-state index in [0.717, 1.165) is 0 Å². The molecule has 64 valence electrons. The van der Waals surface area contributed by atoms with E-state index in [4.69, 9.17) is 5.73 Å². The fraction of sp³-hybridized carbons (Fsp3) is 0.125. The van der Waals surface area contributed by atoms with Crippen molar-refractivity contribution in [2.45, 2.75) is 6.92 Å². The lowest BCUT2D eigenvalue weighted by molar-refractivity contribution is 0.628. The maximum atomic E-state index is 12.8. The van der Waals surface area contributed by atoms with Crippen molar-refractivity contribution >= 4 is 12.0 Å². The zero-order valence-corrected chi connectivity index (χ0v) is 6.76. The van der Waals surface area contributed by atoms with Crippen molar-refractivity contribution < 1.29 is 4.39 Å². The Balaban J connectivity index is 2.95. The highest BCUT2D eigenvalue weighted by Gasteiger charge is 2.04. The van der Waals surface area contributed by atoms with Gasteiger partial charge in [0.25, 0.3) is 0 Å². The third-order valence-corrected chi connectivity index (χ3v) is 1.32. The van der Waals surface area contributed by atoms with Crippen molar-refractivity contribution in [3.8, 4) is 0 Å². The second-order valence-electron chi connectivity index (χ2n) is 2.46. The van der Waals surface area contributed by atoms with Gasteiger partial charge in [-0.15, -0.1) is 0 Å². The monoisotopic (exact) mass is 167 g/mol.